The van der Waals surface area contributed by atoms with Crippen LogP contribution in [0, 0.1) is 0 Å². The molecule has 0 heterocycles. The lowest BCUT2D eigenvalue weighted by Crippen LogP contribution is -2.34. The summed E-state index contributed by atoms with van der Waals surface area (Å²) in [5.41, 5.74) is 1.20. The number of rotatable bonds is 8. The van der Waals surface area contributed by atoms with Gasteiger partial charge in [0.25, 0.3) is 0 Å². The minimum atomic E-state index is -0.0492. The Hall–Kier alpha value is -0.960. The first-order valence-electron chi connectivity index (χ1n) is 7.21. The molecule has 1 aliphatic rings. The lowest BCUT2D eigenvalue weighted by molar-refractivity contribution is -0.121. The zero-order valence-corrected chi connectivity index (χ0v) is 12.5. The normalized spacial score (nSPS) is 16.1. The topological polar surface area (TPSA) is 29.1 Å². The van der Waals surface area contributed by atoms with Crippen molar-refractivity contribution in [2.45, 2.75) is 44.6 Å². The number of unbranched alkanes of at least 4 members (excludes halogenated alkanes) is 1. The van der Waals surface area contributed by atoms with Gasteiger partial charge in [-0.05, 0) is 30.6 Å². The summed E-state index contributed by atoms with van der Waals surface area (Å²) in [5.74, 6) is 2.31. The van der Waals surface area contributed by atoms with Crippen LogP contribution in [0.25, 0.3) is 0 Å². The van der Waals surface area contributed by atoms with Gasteiger partial charge in [0.1, 0.15) is 0 Å². The molecule has 0 saturated heterocycles. The van der Waals surface area contributed by atoms with Crippen molar-refractivity contribution in [3.63, 3.8) is 0 Å². The van der Waals surface area contributed by atoms with E-state index in [1.165, 1.54) is 24.2 Å². The second kappa shape index (κ2) is 6.99. The van der Waals surface area contributed by atoms with Crippen LogP contribution in [0.15, 0.2) is 30.3 Å². The molecule has 0 unspecified atom stereocenters. The van der Waals surface area contributed by atoms with E-state index in [1.807, 2.05) is 30.0 Å². The third-order valence-electron chi connectivity index (χ3n) is 3.57. The van der Waals surface area contributed by atoms with E-state index in [2.05, 4.69) is 24.4 Å². The maximum absolute atomic E-state index is 12.0. The van der Waals surface area contributed by atoms with Crippen LogP contribution in [0.3, 0.4) is 0 Å². The summed E-state index contributed by atoms with van der Waals surface area (Å²) in [5, 5.41) is 3.22. The summed E-state index contributed by atoms with van der Waals surface area (Å²) in [6.45, 7) is 2.20. The highest BCUT2D eigenvalue weighted by molar-refractivity contribution is 7.99. The Bertz CT molecular complexity index is 400. The highest BCUT2D eigenvalue weighted by atomic mass is 32.2. The van der Waals surface area contributed by atoms with E-state index in [1.54, 1.807) is 0 Å². The van der Waals surface area contributed by atoms with Crippen LogP contribution in [-0.2, 0) is 10.3 Å². The number of thioether (sulfide) groups is 1. The lowest BCUT2D eigenvalue weighted by Gasteiger charge is -2.17. The first-order chi connectivity index (χ1) is 9.27. The Morgan fingerprint density at radius 3 is 2.63 bits per heavy atom. The van der Waals surface area contributed by atoms with Gasteiger partial charge in [-0.25, -0.2) is 0 Å². The predicted molar refractivity (Wildman–Crippen MR) is 82.3 cm³/mol. The van der Waals surface area contributed by atoms with Gasteiger partial charge >= 0.3 is 0 Å². The molecule has 0 atom stereocenters. The number of carbonyl (C=O) groups is 1. The third-order valence-corrected chi connectivity index (χ3v) is 4.64. The number of nitrogens with one attached hydrogen (secondary N) is 1. The van der Waals surface area contributed by atoms with E-state index in [9.17, 15) is 4.79 Å². The van der Waals surface area contributed by atoms with Gasteiger partial charge in [0, 0.05) is 12.2 Å². The molecule has 2 rings (SSSR count). The van der Waals surface area contributed by atoms with E-state index in [0.29, 0.717) is 6.42 Å². The molecule has 1 fully saturated rings. The Morgan fingerprint density at radius 2 is 2.00 bits per heavy atom. The molecule has 0 bridgehead atoms. The fourth-order valence-electron chi connectivity index (χ4n) is 2.21. The zero-order chi connectivity index (χ0) is 13.6. The lowest BCUT2D eigenvalue weighted by atomic mass is 10.1. The van der Waals surface area contributed by atoms with Crippen molar-refractivity contribution in [1.82, 2.24) is 5.32 Å². The van der Waals surface area contributed by atoms with Gasteiger partial charge in [-0.3, -0.25) is 4.79 Å². The SMILES string of the molecule is CCCCSCCC(=O)NC1(c2ccccc2)CC1. The minimum Gasteiger partial charge on any atom is -0.347 e. The monoisotopic (exact) mass is 277 g/mol. The molecule has 1 N–H and O–H groups in total. The third kappa shape index (κ3) is 4.27. The summed E-state index contributed by atoms with van der Waals surface area (Å²) < 4.78 is 0. The van der Waals surface area contributed by atoms with Gasteiger partial charge < -0.3 is 5.32 Å². The quantitative estimate of drug-likeness (QED) is 0.734. The Morgan fingerprint density at radius 1 is 1.26 bits per heavy atom. The first-order valence-corrected chi connectivity index (χ1v) is 8.36. The molecule has 0 spiro atoms. The molecule has 1 saturated carbocycles. The van der Waals surface area contributed by atoms with Crippen LogP contribution < -0.4 is 5.32 Å². The fourth-order valence-corrected chi connectivity index (χ4v) is 3.24. The molecule has 0 aromatic heterocycles. The minimum absolute atomic E-state index is 0.0492. The summed E-state index contributed by atoms with van der Waals surface area (Å²) >= 11 is 1.89. The second-order valence-electron chi connectivity index (χ2n) is 5.21. The van der Waals surface area contributed by atoms with Crippen molar-refractivity contribution in [2.24, 2.45) is 0 Å². The molecule has 0 aliphatic heterocycles. The van der Waals surface area contributed by atoms with Crippen molar-refractivity contribution >= 4 is 17.7 Å². The van der Waals surface area contributed by atoms with Crippen molar-refractivity contribution in [3.05, 3.63) is 35.9 Å². The van der Waals surface area contributed by atoms with Crippen LogP contribution in [-0.4, -0.2) is 17.4 Å². The van der Waals surface area contributed by atoms with Crippen molar-refractivity contribution in [1.29, 1.82) is 0 Å². The van der Waals surface area contributed by atoms with Crippen LogP contribution in [0.5, 0.6) is 0 Å². The zero-order valence-electron chi connectivity index (χ0n) is 11.7. The van der Waals surface area contributed by atoms with Gasteiger partial charge in [0.15, 0.2) is 0 Å². The molecular weight excluding hydrogens is 254 g/mol. The second-order valence-corrected chi connectivity index (χ2v) is 6.44. The van der Waals surface area contributed by atoms with Gasteiger partial charge in [-0.1, -0.05) is 43.7 Å². The van der Waals surface area contributed by atoms with Gasteiger partial charge in [0.2, 0.25) is 5.91 Å². The van der Waals surface area contributed by atoms with Crippen LogP contribution >= 0.6 is 11.8 Å². The number of hydrogen-bond donors (Lipinski definition) is 1. The Labute approximate surface area is 120 Å². The molecule has 1 aromatic carbocycles. The first kappa shape index (κ1) is 14.4. The highest BCUT2D eigenvalue weighted by Gasteiger charge is 2.45. The molecule has 0 radical (unpaired) electrons. The van der Waals surface area contributed by atoms with Crippen LogP contribution in [0.1, 0.15) is 44.6 Å². The molecule has 1 amide bonds. The maximum Gasteiger partial charge on any atom is 0.221 e. The van der Waals surface area contributed by atoms with Crippen molar-refractivity contribution in [2.75, 3.05) is 11.5 Å². The number of carbonyl (C=O) groups excluding carboxylic acids is 1. The molecule has 19 heavy (non-hydrogen) atoms. The van der Waals surface area contributed by atoms with Crippen molar-refractivity contribution in [3.8, 4) is 0 Å². The number of amides is 1. The molecule has 3 heteroatoms. The fraction of sp³-hybridized carbons (Fsp3) is 0.562. The van der Waals surface area contributed by atoms with E-state index >= 15 is 0 Å². The van der Waals surface area contributed by atoms with Crippen LogP contribution in [0.2, 0.25) is 0 Å². The Kier molecular flexibility index (Phi) is 5.32. The van der Waals surface area contributed by atoms with Gasteiger partial charge in [-0.15, -0.1) is 0 Å². The molecule has 1 aromatic rings. The van der Waals surface area contributed by atoms with Gasteiger partial charge in [-0.2, -0.15) is 11.8 Å². The average molecular weight is 277 g/mol. The molecule has 1 aliphatic carbocycles. The van der Waals surface area contributed by atoms with Gasteiger partial charge in [0.05, 0.1) is 5.54 Å². The average Bonchev–Trinajstić information content (AvgIpc) is 3.20. The number of hydrogen-bond acceptors (Lipinski definition) is 2. The van der Waals surface area contributed by atoms with E-state index < -0.39 is 0 Å². The largest absolute Gasteiger partial charge is 0.347 e. The summed E-state index contributed by atoms with van der Waals surface area (Å²) in [7, 11) is 0. The van der Waals surface area contributed by atoms with E-state index in [4.69, 9.17) is 0 Å². The smallest absolute Gasteiger partial charge is 0.221 e. The summed E-state index contributed by atoms with van der Waals surface area (Å²) in [6, 6.07) is 10.3. The summed E-state index contributed by atoms with van der Waals surface area (Å²) in [4.78, 5) is 12.0. The number of benzene rings is 1. The highest BCUT2D eigenvalue weighted by Crippen LogP contribution is 2.45. The molecule has 104 valence electrons. The van der Waals surface area contributed by atoms with E-state index in [-0.39, 0.29) is 11.4 Å². The molecular formula is C16H23NOS. The maximum atomic E-state index is 12.0. The van der Waals surface area contributed by atoms with Crippen molar-refractivity contribution < 1.29 is 4.79 Å². The van der Waals surface area contributed by atoms with E-state index in [0.717, 1.165) is 18.6 Å². The van der Waals surface area contributed by atoms with Crippen LogP contribution in [0.4, 0.5) is 0 Å². The molecule has 2 nitrogen and oxygen atoms in total. The Balaban J connectivity index is 1.74. The standard InChI is InChI=1S/C16H23NOS/c1-2-3-12-19-13-9-15(18)17-16(10-11-16)14-7-5-4-6-8-14/h4-8H,2-3,9-13H2,1H3,(H,17,18). The summed E-state index contributed by atoms with van der Waals surface area (Å²) in [6.07, 6.45) is 5.27. The predicted octanol–water partition coefficient (Wildman–Crippen LogP) is 3.72.